The molecule has 1 heterocycles. The molecule has 0 saturated heterocycles. The van der Waals surface area contributed by atoms with Gasteiger partial charge in [0.25, 0.3) is 5.69 Å². The zero-order valence-electron chi connectivity index (χ0n) is 14.9. The Bertz CT molecular complexity index is 1100. The number of rotatable bonds is 6. The molecule has 0 atom stereocenters. The quantitative estimate of drug-likeness (QED) is 0.296. The highest BCUT2D eigenvalue weighted by atomic mass is 16.6. The molecule has 0 unspecified atom stereocenters. The zero-order valence-corrected chi connectivity index (χ0v) is 14.9. The maximum Gasteiger partial charge on any atom is 0.269 e. The minimum Gasteiger partial charge on any atom is -0.342 e. The molecular weight excluding hydrogens is 354 g/mol. The normalized spacial score (nSPS) is 11.5. The minimum atomic E-state index is -0.427. The third-order valence-corrected chi connectivity index (χ3v) is 4.28. The number of hydrogen-bond acceptors (Lipinski definition) is 5. The molecule has 7 nitrogen and oxygen atoms in total. The first-order valence-corrected chi connectivity index (χ1v) is 8.75. The molecule has 4 aromatic rings. The number of benzene rings is 3. The third-order valence-electron chi connectivity index (χ3n) is 4.28. The lowest BCUT2D eigenvalue weighted by Crippen LogP contribution is -2.09. The largest absolute Gasteiger partial charge is 0.342 e. The van der Waals surface area contributed by atoms with E-state index in [0.717, 1.165) is 28.1 Å². The maximum absolute atomic E-state index is 10.8. The van der Waals surface area contributed by atoms with Crippen LogP contribution in [0.25, 0.3) is 11.0 Å². The van der Waals surface area contributed by atoms with Crippen LogP contribution in [0.3, 0.4) is 0 Å². The molecule has 138 valence electrons. The van der Waals surface area contributed by atoms with Gasteiger partial charge in [-0.05, 0) is 29.8 Å². The van der Waals surface area contributed by atoms with Crippen molar-refractivity contribution in [1.82, 2.24) is 9.97 Å². The number of aromatic nitrogens is 2. The highest BCUT2D eigenvalue weighted by Crippen LogP contribution is 2.17. The molecule has 2 N–H and O–H groups in total. The molecule has 0 aliphatic carbocycles. The van der Waals surface area contributed by atoms with Gasteiger partial charge in [0, 0.05) is 12.1 Å². The van der Waals surface area contributed by atoms with Crippen LogP contribution in [0.2, 0.25) is 0 Å². The standard InChI is InChI=1S/C21H17N5O2/c27-26(28)17-12-10-16(11-13-17)24-25-20(15-6-2-1-3-7-15)14-21-22-18-8-4-5-9-19(18)23-21/h1-13,24H,14H2,(H,22,23). The highest BCUT2D eigenvalue weighted by molar-refractivity contribution is 6.02. The monoisotopic (exact) mass is 371 g/mol. The van der Waals surface area contributed by atoms with Crippen LogP contribution < -0.4 is 5.43 Å². The van der Waals surface area contributed by atoms with Gasteiger partial charge in [0.15, 0.2) is 0 Å². The Hall–Kier alpha value is -4.00. The van der Waals surface area contributed by atoms with Gasteiger partial charge in [-0.1, -0.05) is 42.5 Å². The topological polar surface area (TPSA) is 96.2 Å². The number of hydrogen-bond donors (Lipinski definition) is 2. The Morgan fingerprint density at radius 1 is 1.00 bits per heavy atom. The fraction of sp³-hybridized carbons (Fsp3) is 0.0476. The van der Waals surface area contributed by atoms with Crippen LogP contribution in [-0.4, -0.2) is 20.6 Å². The molecular formula is C21H17N5O2. The van der Waals surface area contributed by atoms with Crippen molar-refractivity contribution in [3.8, 4) is 0 Å². The maximum atomic E-state index is 10.8. The molecule has 0 spiro atoms. The van der Waals surface area contributed by atoms with E-state index in [9.17, 15) is 10.1 Å². The average Bonchev–Trinajstić information content (AvgIpc) is 3.14. The lowest BCUT2D eigenvalue weighted by atomic mass is 10.1. The average molecular weight is 371 g/mol. The van der Waals surface area contributed by atoms with Crippen molar-refractivity contribution in [1.29, 1.82) is 0 Å². The van der Waals surface area contributed by atoms with Crippen LogP contribution in [0.1, 0.15) is 11.4 Å². The number of fused-ring (bicyclic) bond motifs is 1. The van der Waals surface area contributed by atoms with E-state index >= 15 is 0 Å². The molecule has 4 rings (SSSR count). The van der Waals surface area contributed by atoms with E-state index in [4.69, 9.17) is 0 Å². The molecule has 1 aromatic heterocycles. The minimum absolute atomic E-state index is 0.0417. The summed E-state index contributed by atoms with van der Waals surface area (Å²) in [5, 5.41) is 15.3. The number of aromatic amines is 1. The van der Waals surface area contributed by atoms with Crippen LogP contribution in [0.5, 0.6) is 0 Å². The summed E-state index contributed by atoms with van der Waals surface area (Å²) in [6.07, 6.45) is 0.513. The van der Waals surface area contributed by atoms with Gasteiger partial charge in [-0.2, -0.15) is 5.10 Å². The Kier molecular flexibility index (Phi) is 4.79. The van der Waals surface area contributed by atoms with Crippen molar-refractivity contribution in [2.45, 2.75) is 6.42 Å². The van der Waals surface area contributed by atoms with Gasteiger partial charge >= 0.3 is 0 Å². The lowest BCUT2D eigenvalue weighted by Gasteiger charge is -2.07. The van der Waals surface area contributed by atoms with Crippen LogP contribution in [0.4, 0.5) is 11.4 Å². The summed E-state index contributed by atoms with van der Waals surface area (Å²) in [6, 6.07) is 23.8. The second kappa shape index (κ2) is 7.71. The Morgan fingerprint density at radius 3 is 2.43 bits per heavy atom. The van der Waals surface area contributed by atoms with Crippen LogP contribution >= 0.6 is 0 Å². The number of anilines is 1. The number of H-pyrrole nitrogens is 1. The molecule has 0 bridgehead atoms. The molecule has 0 aliphatic rings. The van der Waals surface area contributed by atoms with E-state index in [1.54, 1.807) is 12.1 Å². The third kappa shape index (κ3) is 3.88. The number of nitro benzene ring substituents is 1. The molecule has 7 heteroatoms. The predicted molar refractivity (Wildman–Crippen MR) is 109 cm³/mol. The number of nitrogens with one attached hydrogen (secondary N) is 2. The molecule has 0 fully saturated rings. The summed E-state index contributed by atoms with van der Waals surface area (Å²) >= 11 is 0. The van der Waals surface area contributed by atoms with Crippen molar-refractivity contribution in [3.05, 3.63) is 100 Å². The summed E-state index contributed by atoms with van der Waals surface area (Å²) in [5.41, 5.74) is 7.36. The van der Waals surface area contributed by atoms with Crippen LogP contribution in [0.15, 0.2) is 84.0 Å². The predicted octanol–water partition coefficient (Wildman–Crippen LogP) is 4.53. The second-order valence-corrected chi connectivity index (χ2v) is 6.22. The first-order valence-electron chi connectivity index (χ1n) is 8.75. The Labute approximate surface area is 160 Å². The number of hydrazone groups is 1. The summed E-state index contributed by atoms with van der Waals surface area (Å²) in [5.74, 6) is 0.814. The van der Waals surface area contributed by atoms with Crippen molar-refractivity contribution in [3.63, 3.8) is 0 Å². The summed E-state index contributed by atoms with van der Waals surface area (Å²) in [4.78, 5) is 18.3. The number of non-ortho nitro benzene ring substituents is 1. The SMILES string of the molecule is O=[N+]([O-])c1ccc(NN=C(Cc2nc3ccccc3[nH]2)c2ccccc2)cc1. The summed E-state index contributed by atoms with van der Waals surface area (Å²) < 4.78 is 0. The van der Waals surface area contributed by atoms with E-state index in [-0.39, 0.29) is 5.69 Å². The van der Waals surface area contributed by atoms with Gasteiger partial charge in [-0.15, -0.1) is 0 Å². The number of nitro groups is 1. The Balaban J connectivity index is 1.61. The van der Waals surface area contributed by atoms with E-state index < -0.39 is 4.92 Å². The summed E-state index contributed by atoms with van der Waals surface area (Å²) in [6.45, 7) is 0. The van der Waals surface area contributed by atoms with Gasteiger partial charge in [-0.3, -0.25) is 15.5 Å². The number of nitrogens with zero attached hydrogens (tertiary/aromatic N) is 3. The van der Waals surface area contributed by atoms with Gasteiger partial charge in [0.05, 0.1) is 33.8 Å². The fourth-order valence-corrected chi connectivity index (χ4v) is 2.87. The molecule has 0 radical (unpaired) electrons. The zero-order chi connectivity index (χ0) is 19.3. The van der Waals surface area contributed by atoms with Crippen molar-refractivity contribution < 1.29 is 4.92 Å². The van der Waals surface area contributed by atoms with Crippen LogP contribution in [-0.2, 0) is 6.42 Å². The fourth-order valence-electron chi connectivity index (χ4n) is 2.87. The molecule has 0 saturated carbocycles. The number of para-hydroxylation sites is 2. The van der Waals surface area contributed by atoms with Crippen molar-refractivity contribution >= 4 is 28.1 Å². The van der Waals surface area contributed by atoms with Crippen LogP contribution in [0, 0.1) is 10.1 Å². The summed E-state index contributed by atoms with van der Waals surface area (Å²) in [7, 11) is 0. The Morgan fingerprint density at radius 2 is 1.71 bits per heavy atom. The van der Waals surface area contributed by atoms with Crippen molar-refractivity contribution in [2.24, 2.45) is 5.10 Å². The molecule has 3 aromatic carbocycles. The number of imidazole rings is 1. The van der Waals surface area contributed by atoms with E-state index in [1.807, 2.05) is 54.6 Å². The first kappa shape index (κ1) is 17.4. The smallest absolute Gasteiger partial charge is 0.269 e. The van der Waals surface area contributed by atoms with Crippen molar-refractivity contribution in [2.75, 3.05) is 5.43 Å². The molecule has 0 aliphatic heterocycles. The second-order valence-electron chi connectivity index (χ2n) is 6.22. The van der Waals surface area contributed by atoms with Gasteiger partial charge in [0.1, 0.15) is 5.82 Å². The van der Waals surface area contributed by atoms with E-state index in [1.165, 1.54) is 12.1 Å². The van der Waals surface area contributed by atoms with Gasteiger partial charge in [0.2, 0.25) is 0 Å². The lowest BCUT2D eigenvalue weighted by molar-refractivity contribution is -0.384. The molecule has 28 heavy (non-hydrogen) atoms. The molecule has 0 amide bonds. The van der Waals surface area contributed by atoms with E-state index in [2.05, 4.69) is 20.5 Å². The first-order chi connectivity index (χ1) is 13.7. The van der Waals surface area contributed by atoms with Gasteiger partial charge in [-0.25, -0.2) is 4.98 Å². The van der Waals surface area contributed by atoms with Gasteiger partial charge < -0.3 is 4.98 Å². The highest BCUT2D eigenvalue weighted by Gasteiger charge is 2.10. The van der Waals surface area contributed by atoms with E-state index in [0.29, 0.717) is 12.1 Å².